The predicted octanol–water partition coefficient (Wildman–Crippen LogP) is 5.35. The van der Waals surface area contributed by atoms with Gasteiger partial charge < -0.3 is 14.8 Å². The maximum Gasteiger partial charge on any atom is 0.166 e. The third-order valence-electron chi connectivity index (χ3n) is 4.17. The number of aliphatic imine (C=N–C) groups is 1. The molecule has 0 saturated carbocycles. The van der Waals surface area contributed by atoms with Crippen molar-refractivity contribution >= 4 is 34.5 Å². The summed E-state index contributed by atoms with van der Waals surface area (Å²) in [7, 11) is 1.48. The molecular formula is C21H16ClN3O2. The molecule has 4 rings (SSSR count). The molecule has 6 heteroatoms. The number of aromatic amines is 1. The zero-order valence-electron chi connectivity index (χ0n) is 14.5. The average Bonchev–Trinajstić information content (AvgIpc) is 3.13. The Morgan fingerprint density at radius 3 is 2.63 bits per heavy atom. The Balaban J connectivity index is 1.59. The van der Waals surface area contributed by atoms with Crippen molar-refractivity contribution in [2.24, 2.45) is 4.99 Å². The van der Waals surface area contributed by atoms with Crippen LogP contribution in [0.25, 0.3) is 22.4 Å². The number of imidazole rings is 1. The van der Waals surface area contributed by atoms with Crippen molar-refractivity contribution in [1.82, 2.24) is 9.97 Å². The first kappa shape index (κ1) is 17.1. The number of phenols is 1. The van der Waals surface area contributed by atoms with Crippen molar-refractivity contribution in [1.29, 1.82) is 0 Å². The molecule has 0 bridgehead atoms. The molecule has 0 aliphatic heterocycles. The average molecular weight is 378 g/mol. The number of phenolic OH excluding ortho intramolecular Hbond substituents is 1. The molecular weight excluding hydrogens is 362 g/mol. The van der Waals surface area contributed by atoms with Crippen LogP contribution in [0.5, 0.6) is 11.5 Å². The molecule has 1 heterocycles. The number of aromatic nitrogens is 2. The Kier molecular flexibility index (Phi) is 4.52. The Labute approximate surface area is 160 Å². The van der Waals surface area contributed by atoms with Gasteiger partial charge in [0.25, 0.3) is 0 Å². The standard InChI is InChI=1S/C21H16ClN3O2/c1-27-19-11-15(22)10-14(20(19)26)12-23-16-8-6-13(7-9-16)21-24-17-4-2-3-5-18(17)25-21/h2-12,26H,1H3,(H,24,25). The van der Waals surface area contributed by atoms with Crippen LogP contribution in [-0.2, 0) is 0 Å². The number of aromatic hydroxyl groups is 1. The van der Waals surface area contributed by atoms with Crippen molar-refractivity contribution in [3.63, 3.8) is 0 Å². The Hall–Kier alpha value is -3.31. The molecule has 0 atom stereocenters. The number of benzene rings is 3. The van der Waals surface area contributed by atoms with Gasteiger partial charge in [0.05, 0.1) is 23.8 Å². The van der Waals surface area contributed by atoms with Crippen LogP contribution in [0.1, 0.15) is 5.56 Å². The molecule has 0 unspecified atom stereocenters. The molecule has 0 spiro atoms. The second-order valence-electron chi connectivity index (χ2n) is 5.95. The van der Waals surface area contributed by atoms with Gasteiger partial charge in [0.15, 0.2) is 11.5 Å². The first-order valence-corrected chi connectivity index (χ1v) is 8.67. The third-order valence-corrected chi connectivity index (χ3v) is 4.39. The summed E-state index contributed by atoms with van der Waals surface area (Å²) in [6.07, 6.45) is 1.56. The highest BCUT2D eigenvalue weighted by Gasteiger charge is 2.08. The van der Waals surface area contributed by atoms with E-state index < -0.39 is 0 Å². The lowest BCUT2D eigenvalue weighted by Gasteiger charge is -2.06. The topological polar surface area (TPSA) is 70.5 Å². The highest BCUT2D eigenvalue weighted by molar-refractivity contribution is 6.31. The van der Waals surface area contributed by atoms with E-state index in [0.717, 1.165) is 28.1 Å². The Morgan fingerprint density at radius 1 is 1.11 bits per heavy atom. The van der Waals surface area contributed by atoms with Crippen LogP contribution in [-0.4, -0.2) is 28.4 Å². The van der Waals surface area contributed by atoms with E-state index in [9.17, 15) is 5.11 Å². The third kappa shape index (κ3) is 3.50. The number of halogens is 1. The van der Waals surface area contributed by atoms with E-state index in [-0.39, 0.29) is 5.75 Å². The van der Waals surface area contributed by atoms with E-state index in [2.05, 4.69) is 15.0 Å². The normalized spacial score (nSPS) is 11.3. The zero-order chi connectivity index (χ0) is 18.8. The van der Waals surface area contributed by atoms with Gasteiger partial charge in [0.2, 0.25) is 0 Å². The highest BCUT2D eigenvalue weighted by atomic mass is 35.5. The number of fused-ring (bicyclic) bond motifs is 1. The van der Waals surface area contributed by atoms with Gasteiger partial charge in [-0.2, -0.15) is 0 Å². The summed E-state index contributed by atoms with van der Waals surface area (Å²) in [5.41, 5.74) is 4.13. The van der Waals surface area contributed by atoms with Crippen molar-refractivity contribution in [3.8, 4) is 22.9 Å². The van der Waals surface area contributed by atoms with Gasteiger partial charge in [-0.25, -0.2) is 4.98 Å². The number of rotatable bonds is 4. The molecule has 134 valence electrons. The van der Waals surface area contributed by atoms with E-state index >= 15 is 0 Å². The van der Waals surface area contributed by atoms with E-state index in [1.54, 1.807) is 18.3 Å². The van der Waals surface area contributed by atoms with Crippen molar-refractivity contribution in [2.45, 2.75) is 0 Å². The summed E-state index contributed by atoms with van der Waals surface area (Å²) >= 11 is 6.04. The summed E-state index contributed by atoms with van der Waals surface area (Å²) in [5, 5.41) is 10.6. The van der Waals surface area contributed by atoms with Crippen LogP contribution in [0.4, 0.5) is 5.69 Å². The monoisotopic (exact) mass is 377 g/mol. The van der Waals surface area contributed by atoms with E-state index in [0.29, 0.717) is 16.3 Å². The fourth-order valence-electron chi connectivity index (χ4n) is 2.79. The second kappa shape index (κ2) is 7.13. The van der Waals surface area contributed by atoms with Crippen LogP contribution >= 0.6 is 11.6 Å². The number of H-pyrrole nitrogens is 1. The van der Waals surface area contributed by atoms with Crippen LogP contribution in [0.3, 0.4) is 0 Å². The molecule has 4 aromatic rings. The first-order chi connectivity index (χ1) is 13.1. The first-order valence-electron chi connectivity index (χ1n) is 8.30. The Bertz CT molecular complexity index is 1100. The quantitative estimate of drug-likeness (QED) is 0.471. The van der Waals surface area contributed by atoms with Crippen LogP contribution in [0, 0.1) is 0 Å². The van der Waals surface area contributed by atoms with Gasteiger partial charge in [-0.1, -0.05) is 23.7 Å². The van der Waals surface area contributed by atoms with Crippen LogP contribution in [0.2, 0.25) is 5.02 Å². The van der Waals surface area contributed by atoms with E-state index in [1.807, 2.05) is 48.5 Å². The fourth-order valence-corrected chi connectivity index (χ4v) is 3.00. The SMILES string of the molecule is COc1cc(Cl)cc(C=Nc2ccc(-c3nc4ccccc4[nH]3)cc2)c1O. The number of para-hydroxylation sites is 2. The number of hydrogen-bond acceptors (Lipinski definition) is 4. The minimum atomic E-state index is 0.00421. The van der Waals surface area contributed by atoms with Crippen molar-refractivity contribution in [3.05, 3.63) is 71.2 Å². The Morgan fingerprint density at radius 2 is 1.89 bits per heavy atom. The van der Waals surface area contributed by atoms with Gasteiger partial charge in [0, 0.05) is 28.4 Å². The number of nitrogens with zero attached hydrogens (tertiary/aromatic N) is 2. The molecule has 0 fully saturated rings. The van der Waals surface area contributed by atoms with Gasteiger partial charge in [-0.15, -0.1) is 0 Å². The number of nitrogens with one attached hydrogen (secondary N) is 1. The van der Waals surface area contributed by atoms with E-state index in [1.165, 1.54) is 7.11 Å². The lowest BCUT2D eigenvalue weighted by Crippen LogP contribution is -1.89. The summed E-state index contributed by atoms with van der Waals surface area (Å²) in [6, 6.07) is 18.8. The highest BCUT2D eigenvalue weighted by Crippen LogP contribution is 2.32. The molecule has 3 aromatic carbocycles. The molecule has 0 aliphatic carbocycles. The second-order valence-corrected chi connectivity index (χ2v) is 6.39. The van der Waals surface area contributed by atoms with Crippen LogP contribution < -0.4 is 4.74 Å². The zero-order valence-corrected chi connectivity index (χ0v) is 15.2. The maximum atomic E-state index is 10.2. The van der Waals surface area contributed by atoms with Gasteiger partial charge in [0.1, 0.15) is 5.82 Å². The smallest absolute Gasteiger partial charge is 0.166 e. The summed E-state index contributed by atoms with van der Waals surface area (Å²) in [6.45, 7) is 0. The van der Waals surface area contributed by atoms with E-state index in [4.69, 9.17) is 16.3 Å². The van der Waals surface area contributed by atoms with Crippen molar-refractivity contribution in [2.75, 3.05) is 7.11 Å². The van der Waals surface area contributed by atoms with Gasteiger partial charge in [-0.3, -0.25) is 4.99 Å². The summed E-state index contributed by atoms with van der Waals surface area (Å²) in [5.74, 6) is 1.12. The molecule has 2 N–H and O–H groups in total. The fraction of sp³-hybridized carbons (Fsp3) is 0.0476. The van der Waals surface area contributed by atoms with Crippen molar-refractivity contribution < 1.29 is 9.84 Å². The minimum absolute atomic E-state index is 0.00421. The summed E-state index contributed by atoms with van der Waals surface area (Å²) in [4.78, 5) is 12.3. The number of hydrogen-bond donors (Lipinski definition) is 2. The minimum Gasteiger partial charge on any atom is -0.504 e. The van der Waals surface area contributed by atoms with Gasteiger partial charge in [-0.05, 0) is 42.5 Å². The molecule has 0 saturated heterocycles. The molecule has 1 aromatic heterocycles. The molecule has 0 radical (unpaired) electrons. The lowest BCUT2D eigenvalue weighted by molar-refractivity contribution is 0.373. The molecule has 5 nitrogen and oxygen atoms in total. The molecule has 0 amide bonds. The largest absolute Gasteiger partial charge is 0.504 e. The maximum absolute atomic E-state index is 10.2. The lowest BCUT2D eigenvalue weighted by atomic mass is 10.2. The molecule has 0 aliphatic rings. The predicted molar refractivity (Wildman–Crippen MR) is 108 cm³/mol. The summed E-state index contributed by atoms with van der Waals surface area (Å²) < 4.78 is 5.10. The molecule has 27 heavy (non-hydrogen) atoms. The number of methoxy groups -OCH3 is 1. The van der Waals surface area contributed by atoms with Crippen LogP contribution in [0.15, 0.2) is 65.7 Å². The van der Waals surface area contributed by atoms with Gasteiger partial charge >= 0.3 is 0 Å². The number of ether oxygens (including phenoxy) is 1.